The molecule has 0 unspecified atom stereocenters. The summed E-state index contributed by atoms with van der Waals surface area (Å²) < 4.78 is 0. The van der Waals surface area contributed by atoms with Crippen molar-refractivity contribution in [2.45, 2.75) is 27.3 Å². The summed E-state index contributed by atoms with van der Waals surface area (Å²) >= 11 is 1.81. The maximum atomic E-state index is 4.29. The van der Waals surface area contributed by atoms with Gasteiger partial charge in [0, 0.05) is 21.9 Å². The van der Waals surface area contributed by atoms with Gasteiger partial charge in [-0.25, -0.2) is 9.97 Å². The maximum absolute atomic E-state index is 4.29. The van der Waals surface area contributed by atoms with Crippen molar-refractivity contribution in [2.24, 2.45) is 0 Å². The average molecular weight is 262 g/mol. The van der Waals surface area contributed by atoms with Crippen molar-refractivity contribution in [3.05, 3.63) is 33.8 Å². The first-order chi connectivity index (χ1) is 8.70. The summed E-state index contributed by atoms with van der Waals surface area (Å²) in [4.78, 5) is 11.2. The van der Waals surface area contributed by atoms with Crippen LogP contribution in [0.15, 0.2) is 18.5 Å². The summed E-state index contributed by atoms with van der Waals surface area (Å²) in [5.41, 5.74) is 1.06. The first-order valence-corrected chi connectivity index (χ1v) is 6.87. The van der Waals surface area contributed by atoms with Gasteiger partial charge in [-0.05, 0) is 32.9 Å². The van der Waals surface area contributed by atoms with Gasteiger partial charge in [0.15, 0.2) is 0 Å². The molecule has 0 fully saturated rings. The molecule has 0 saturated heterocycles. The highest BCUT2D eigenvalue weighted by atomic mass is 32.1. The SMILES string of the molecule is CCNc1ncnc(NCc2ccc(C)s2)c1C. The Hall–Kier alpha value is -1.62. The van der Waals surface area contributed by atoms with E-state index in [0.29, 0.717) is 0 Å². The van der Waals surface area contributed by atoms with Crippen LogP contribution in [0, 0.1) is 13.8 Å². The quantitative estimate of drug-likeness (QED) is 0.869. The van der Waals surface area contributed by atoms with Crippen LogP contribution in [0.3, 0.4) is 0 Å². The van der Waals surface area contributed by atoms with Gasteiger partial charge in [0.25, 0.3) is 0 Å². The van der Waals surface area contributed by atoms with Gasteiger partial charge in [-0.15, -0.1) is 11.3 Å². The van der Waals surface area contributed by atoms with E-state index in [-0.39, 0.29) is 0 Å². The highest BCUT2D eigenvalue weighted by Crippen LogP contribution is 2.20. The monoisotopic (exact) mass is 262 g/mol. The van der Waals surface area contributed by atoms with Crippen LogP contribution in [0.5, 0.6) is 0 Å². The van der Waals surface area contributed by atoms with Gasteiger partial charge in [-0.2, -0.15) is 0 Å². The molecule has 5 heteroatoms. The third-order valence-corrected chi connectivity index (χ3v) is 3.66. The van der Waals surface area contributed by atoms with E-state index in [1.807, 2.05) is 6.92 Å². The van der Waals surface area contributed by atoms with E-state index in [1.54, 1.807) is 17.7 Å². The van der Waals surface area contributed by atoms with Crippen molar-refractivity contribution in [3.8, 4) is 0 Å². The zero-order chi connectivity index (χ0) is 13.0. The van der Waals surface area contributed by atoms with Crippen molar-refractivity contribution < 1.29 is 0 Å². The maximum Gasteiger partial charge on any atom is 0.134 e. The van der Waals surface area contributed by atoms with Crippen LogP contribution in [-0.2, 0) is 6.54 Å². The van der Waals surface area contributed by atoms with Crippen molar-refractivity contribution >= 4 is 23.0 Å². The number of hydrogen-bond acceptors (Lipinski definition) is 5. The second-order valence-electron chi connectivity index (χ2n) is 4.09. The second-order valence-corrected chi connectivity index (χ2v) is 5.46. The molecule has 0 spiro atoms. The van der Waals surface area contributed by atoms with E-state index >= 15 is 0 Å². The molecule has 0 amide bonds. The molecule has 96 valence electrons. The standard InChI is InChI=1S/C13H18N4S/c1-4-14-12-10(3)13(17-8-16-12)15-7-11-6-5-9(2)18-11/h5-6,8H,4,7H2,1-3H3,(H2,14,15,16,17). The molecule has 0 aliphatic rings. The molecule has 18 heavy (non-hydrogen) atoms. The predicted octanol–water partition coefficient (Wildman–Crippen LogP) is 3.20. The summed E-state index contributed by atoms with van der Waals surface area (Å²) in [6, 6.07) is 4.29. The Kier molecular flexibility index (Phi) is 4.15. The molecule has 0 saturated carbocycles. The highest BCUT2D eigenvalue weighted by Gasteiger charge is 2.06. The fraction of sp³-hybridized carbons (Fsp3) is 0.385. The van der Waals surface area contributed by atoms with Gasteiger partial charge < -0.3 is 10.6 Å². The molecule has 2 rings (SSSR count). The molecule has 2 heterocycles. The highest BCUT2D eigenvalue weighted by molar-refractivity contribution is 7.11. The molecule has 2 aromatic heterocycles. The van der Waals surface area contributed by atoms with Crippen LogP contribution in [0.4, 0.5) is 11.6 Å². The molecular formula is C13H18N4S. The van der Waals surface area contributed by atoms with Crippen LogP contribution in [0.1, 0.15) is 22.2 Å². The van der Waals surface area contributed by atoms with Gasteiger partial charge in [0.05, 0.1) is 6.54 Å². The lowest BCUT2D eigenvalue weighted by molar-refractivity contribution is 1.05. The smallest absolute Gasteiger partial charge is 0.134 e. The minimum atomic E-state index is 0.807. The van der Waals surface area contributed by atoms with E-state index in [9.17, 15) is 0 Å². The predicted molar refractivity (Wildman–Crippen MR) is 77.3 cm³/mol. The third kappa shape index (κ3) is 2.98. The lowest BCUT2D eigenvalue weighted by Crippen LogP contribution is -2.07. The summed E-state index contributed by atoms with van der Waals surface area (Å²) in [6.07, 6.45) is 1.59. The van der Waals surface area contributed by atoms with E-state index < -0.39 is 0 Å². The molecular weight excluding hydrogens is 244 g/mol. The minimum Gasteiger partial charge on any atom is -0.370 e. The second kappa shape index (κ2) is 5.82. The van der Waals surface area contributed by atoms with E-state index in [1.165, 1.54) is 9.75 Å². The Labute approximate surface area is 111 Å². The molecule has 4 nitrogen and oxygen atoms in total. The first-order valence-electron chi connectivity index (χ1n) is 6.05. The van der Waals surface area contributed by atoms with Gasteiger partial charge >= 0.3 is 0 Å². The zero-order valence-corrected chi connectivity index (χ0v) is 11.8. The van der Waals surface area contributed by atoms with E-state index in [4.69, 9.17) is 0 Å². The molecule has 0 bridgehead atoms. The molecule has 0 radical (unpaired) electrons. The van der Waals surface area contributed by atoms with Crippen LogP contribution >= 0.6 is 11.3 Å². The van der Waals surface area contributed by atoms with Crippen molar-refractivity contribution in [1.82, 2.24) is 9.97 Å². The van der Waals surface area contributed by atoms with Crippen molar-refractivity contribution in [2.75, 3.05) is 17.2 Å². The molecule has 0 aromatic carbocycles. The number of nitrogens with one attached hydrogen (secondary N) is 2. The van der Waals surface area contributed by atoms with Crippen LogP contribution in [0.2, 0.25) is 0 Å². The van der Waals surface area contributed by atoms with E-state index in [0.717, 1.165) is 30.3 Å². The molecule has 0 atom stereocenters. The average Bonchev–Trinajstić information content (AvgIpc) is 2.77. The number of thiophene rings is 1. The summed E-state index contributed by atoms with van der Waals surface area (Å²) in [5, 5.41) is 6.59. The first kappa shape index (κ1) is 12.8. The molecule has 0 aliphatic carbocycles. The Balaban J connectivity index is 2.07. The number of rotatable bonds is 5. The van der Waals surface area contributed by atoms with Gasteiger partial charge in [0.1, 0.15) is 18.0 Å². The lowest BCUT2D eigenvalue weighted by atomic mass is 10.3. The van der Waals surface area contributed by atoms with E-state index in [2.05, 4.69) is 46.6 Å². The number of aryl methyl sites for hydroxylation is 1. The van der Waals surface area contributed by atoms with Crippen molar-refractivity contribution in [3.63, 3.8) is 0 Å². The van der Waals surface area contributed by atoms with Crippen LogP contribution in [0.25, 0.3) is 0 Å². The Morgan fingerprint density at radius 3 is 2.44 bits per heavy atom. The number of anilines is 2. The van der Waals surface area contributed by atoms with Crippen LogP contribution in [-0.4, -0.2) is 16.5 Å². The van der Waals surface area contributed by atoms with Gasteiger partial charge in [-0.3, -0.25) is 0 Å². The third-order valence-electron chi connectivity index (χ3n) is 2.65. The largest absolute Gasteiger partial charge is 0.370 e. The number of nitrogens with zero attached hydrogens (tertiary/aromatic N) is 2. The topological polar surface area (TPSA) is 49.8 Å². The Bertz CT molecular complexity index is 521. The minimum absolute atomic E-state index is 0.807. The fourth-order valence-corrected chi connectivity index (χ4v) is 2.56. The zero-order valence-electron chi connectivity index (χ0n) is 10.9. The summed E-state index contributed by atoms with van der Waals surface area (Å²) in [7, 11) is 0. The van der Waals surface area contributed by atoms with Crippen LogP contribution < -0.4 is 10.6 Å². The summed E-state index contributed by atoms with van der Waals surface area (Å²) in [5.74, 6) is 1.80. The fourth-order valence-electron chi connectivity index (χ4n) is 1.73. The van der Waals surface area contributed by atoms with Gasteiger partial charge in [-0.1, -0.05) is 0 Å². The molecule has 0 aliphatic heterocycles. The Morgan fingerprint density at radius 2 is 1.83 bits per heavy atom. The number of hydrogen-bond donors (Lipinski definition) is 2. The lowest BCUT2D eigenvalue weighted by Gasteiger charge is -2.11. The van der Waals surface area contributed by atoms with Crippen molar-refractivity contribution in [1.29, 1.82) is 0 Å². The van der Waals surface area contributed by atoms with Gasteiger partial charge in [0.2, 0.25) is 0 Å². The molecule has 2 N–H and O–H groups in total. The normalized spacial score (nSPS) is 10.4. The number of aromatic nitrogens is 2. The summed E-state index contributed by atoms with van der Waals surface area (Å²) in [6.45, 7) is 7.87. The Morgan fingerprint density at radius 1 is 1.11 bits per heavy atom. The molecule has 2 aromatic rings.